The van der Waals surface area contributed by atoms with Crippen molar-refractivity contribution >= 4 is 11.5 Å². The third-order valence-electron chi connectivity index (χ3n) is 3.92. The lowest BCUT2D eigenvalue weighted by Gasteiger charge is -2.33. The highest BCUT2D eigenvalue weighted by Crippen LogP contribution is 2.35. The molecule has 20 heavy (non-hydrogen) atoms. The van der Waals surface area contributed by atoms with Gasteiger partial charge in [0.15, 0.2) is 0 Å². The van der Waals surface area contributed by atoms with Gasteiger partial charge in [0.05, 0.1) is 12.0 Å². The number of methoxy groups -OCH3 is 1. The Labute approximate surface area is 117 Å². The molecule has 1 saturated carbocycles. The second-order valence-electron chi connectivity index (χ2n) is 5.48. The Morgan fingerprint density at radius 2 is 2.15 bits per heavy atom. The van der Waals surface area contributed by atoms with Crippen LogP contribution in [-0.4, -0.2) is 28.0 Å². The number of hydrogen-bond donors (Lipinski definition) is 1. The van der Waals surface area contributed by atoms with Crippen LogP contribution in [0, 0.1) is 22.0 Å². The van der Waals surface area contributed by atoms with Gasteiger partial charge >= 0.3 is 5.69 Å². The molecule has 0 saturated heterocycles. The van der Waals surface area contributed by atoms with Gasteiger partial charge in [-0.05, 0) is 31.1 Å². The molecule has 7 heteroatoms. The Kier molecular flexibility index (Phi) is 4.36. The Bertz CT molecular complexity index is 495. The van der Waals surface area contributed by atoms with E-state index in [0.717, 1.165) is 19.3 Å². The molecule has 2 rings (SSSR count). The van der Waals surface area contributed by atoms with Crippen LogP contribution >= 0.6 is 0 Å². The fourth-order valence-corrected chi connectivity index (χ4v) is 2.84. The Morgan fingerprint density at radius 3 is 2.75 bits per heavy atom. The molecular formula is C13H20N4O3. The lowest BCUT2D eigenvalue weighted by Crippen LogP contribution is -2.33. The van der Waals surface area contributed by atoms with E-state index in [4.69, 9.17) is 4.74 Å². The molecule has 3 atom stereocenters. The normalized spacial score (nSPS) is 26.1. The minimum Gasteiger partial charge on any atom is -0.476 e. The number of nitrogens with one attached hydrogen (secondary N) is 1. The monoisotopic (exact) mass is 280 g/mol. The molecule has 1 N–H and O–H groups in total. The van der Waals surface area contributed by atoms with Crippen molar-refractivity contribution in [2.24, 2.45) is 11.8 Å². The topological polar surface area (TPSA) is 90.2 Å². The number of ether oxygens (including phenoxy) is 1. The van der Waals surface area contributed by atoms with Crippen molar-refractivity contribution in [1.29, 1.82) is 0 Å². The van der Waals surface area contributed by atoms with Crippen LogP contribution in [0.5, 0.6) is 5.88 Å². The maximum Gasteiger partial charge on any atom is 0.372 e. The van der Waals surface area contributed by atoms with Crippen molar-refractivity contribution in [2.45, 2.75) is 39.2 Å². The first-order valence-corrected chi connectivity index (χ1v) is 6.82. The molecule has 3 unspecified atom stereocenters. The summed E-state index contributed by atoms with van der Waals surface area (Å²) < 4.78 is 4.95. The van der Waals surface area contributed by atoms with E-state index in [2.05, 4.69) is 29.1 Å². The molecule has 0 aromatic carbocycles. The highest BCUT2D eigenvalue weighted by molar-refractivity contribution is 5.61. The highest BCUT2D eigenvalue weighted by atomic mass is 16.6. The molecule has 1 aliphatic carbocycles. The maximum atomic E-state index is 11.2. The summed E-state index contributed by atoms with van der Waals surface area (Å²) in [6.07, 6.45) is 4.52. The minimum absolute atomic E-state index is 0.00988. The summed E-state index contributed by atoms with van der Waals surface area (Å²) in [5, 5.41) is 14.4. The van der Waals surface area contributed by atoms with E-state index < -0.39 is 4.92 Å². The molecule has 0 spiro atoms. The number of aromatic nitrogens is 2. The summed E-state index contributed by atoms with van der Waals surface area (Å²) >= 11 is 0. The van der Waals surface area contributed by atoms with Crippen molar-refractivity contribution in [3.63, 3.8) is 0 Å². The van der Waals surface area contributed by atoms with E-state index in [-0.39, 0.29) is 23.4 Å². The first-order valence-electron chi connectivity index (χ1n) is 6.82. The number of nitrogens with zero attached hydrogens (tertiary/aromatic N) is 3. The van der Waals surface area contributed by atoms with E-state index >= 15 is 0 Å². The van der Waals surface area contributed by atoms with Crippen LogP contribution in [0.25, 0.3) is 0 Å². The quantitative estimate of drug-likeness (QED) is 0.673. The largest absolute Gasteiger partial charge is 0.476 e. The van der Waals surface area contributed by atoms with Crippen molar-refractivity contribution < 1.29 is 9.66 Å². The fourth-order valence-electron chi connectivity index (χ4n) is 2.84. The molecule has 1 heterocycles. The summed E-state index contributed by atoms with van der Waals surface area (Å²) in [5.74, 6) is 1.40. The van der Waals surface area contributed by atoms with Crippen LogP contribution in [-0.2, 0) is 0 Å². The molecule has 110 valence electrons. The summed E-state index contributed by atoms with van der Waals surface area (Å²) in [5.41, 5.74) is -0.194. The lowest BCUT2D eigenvalue weighted by atomic mass is 9.80. The van der Waals surface area contributed by atoms with Gasteiger partial charge in [0.1, 0.15) is 6.33 Å². The number of nitro groups is 1. The molecule has 1 aromatic heterocycles. The third kappa shape index (κ3) is 2.97. The van der Waals surface area contributed by atoms with E-state index in [1.54, 1.807) is 0 Å². The van der Waals surface area contributed by atoms with Gasteiger partial charge in [-0.2, -0.15) is 4.98 Å². The minimum atomic E-state index is -0.503. The highest BCUT2D eigenvalue weighted by Gasteiger charge is 2.30. The molecular weight excluding hydrogens is 260 g/mol. The first-order chi connectivity index (χ1) is 9.52. The van der Waals surface area contributed by atoms with Crippen molar-refractivity contribution in [2.75, 3.05) is 12.4 Å². The average Bonchev–Trinajstić information content (AvgIpc) is 2.41. The predicted molar refractivity (Wildman–Crippen MR) is 74.8 cm³/mol. The summed E-state index contributed by atoms with van der Waals surface area (Å²) in [4.78, 5) is 18.5. The van der Waals surface area contributed by atoms with Crippen LogP contribution < -0.4 is 10.1 Å². The zero-order valence-electron chi connectivity index (χ0n) is 12.0. The second kappa shape index (κ2) is 6.02. The summed E-state index contributed by atoms with van der Waals surface area (Å²) in [6.45, 7) is 4.40. The van der Waals surface area contributed by atoms with Gasteiger partial charge in [0.2, 0.25) is 5.82 Å². The predicted octanol–water partition coefficient (Wildman–Crippen LogP) is 2.63. The molecule has 0 radical (unpaired) electrons. The maximum absolute atomic E-state index is 11.2. The van der Waals surface area contributed by atoms with Crippen LogP contribution in [0.4, 0.5) is 11.5 Å². The molecule has 1 fully saturated rings. The Hall–Kier alpha value is -1.92. The molecule has 1 aromatic rings. The van der Waals surface area contributed by atoms with E-state index in [0.29, 0.717) is 11.8 Å². The van der Waals surface area contributed by atoms with Crippen molar-refractivity contribution in [3.8, 4) is 5.88 Å². The lowest BCUT2D eigenvalue weighted by molar-refractivity contribution is -0.385. The molecule has 0 bridgehead atoms. The number of anilines is 1. The van der Waals surface area contributed by atoms with Crippen molar-refractivity contribution in [1.82, 2.24) is 9.97 Å². The van der Waals surface area contributed by atoms with Gasteiger partial charge in [-0.25, -0.2) is 4.98 Å². The van der Waals surface area contributed by atoms with E-state index in [1.807, 2.05) is 0 Å². The SMILES string of the molecule is COc1ncnc(NC2CCC(C)CC2C)c1[N+](=O)[O-]. The molecule has 0 aliphatic heterocycles. The zero-order chi connectivity index (χ0) is 14.7. The fraction of sp³-hybridized carbons (Fsp3) is 0.692. The van der Waals surface area contributed by atoms with Gasteiger partial charge in [-0.1, -0.05) is 13.8 Å². The van der Waals surface area contributed by atoms with Gasteiger partial charge in [0.25, 0.3) is 5.88 Å². The van der Waals surface area contributed by atoms with Gasteiger partial charge in [0, 0.05) is 6.04 Å². The smallest absolute Gasteiger partial charge is 0.372 e. The molecule has 7 nitrogen and oxygen atoms in total. The second-order valence-corrected chi connectivity index (χ2v) is 5.48. The van der Waals surface area contributed by atoms with Crippen LogP contribution in [0.2, 0.25) is 0 Å². The average molecular weight is 280 g/mol. The zero-order valence-corrected chi connectivity index (χ0v) is 12.0. The number of hydrogen-bond acceptors (Lipinski definition) is 6. The molecule has 0 amide bonds. The van der Waals surface area contributed by atoms with E-state index in [9.17, 15) is 10.1 Å². The van der Waals surface area contributed by atoms with Crippen molar-refractivity contribution in [3.05, 3.63) is 16.4 Å². The Morgan fingerprint density at radius 1 is 1.40 bits per heavy atom. The Balaban J connectivity index is 2.23. The van der Waals surface area contributed by atoms with Crippen LogP contribution in [0.3, 0.4) is 0 Å². The van der Waals surface area contributed by atoms with Crippen LogP contribution in [0.15, 0.2) is 6.33 Å². The van der Waals surface area contributed by atoms with Gasteiger partial charge in [-0.3, -0.25) is 10.1 Å². The standard InChI is InChI=1S/C13H20N4O3/c1-8-4-5-10(9(2)6-8)16-12-11(17(18)19)13(20-3)15-7-14-12/h7-10H,4-6H2,1-3H3,(H,14,15,16). The van der Waals surface area contributed by atoms with Gasteiger partial charge < -0.3 is 10.1 Å². The van der Waals surface area contributed by atoms with E-state index in [1.165, 1.54) is 13.4 Å². The van der Waals surface area contributed by atoms with Crippen LogP contribution in [0.1, 0.15) is 33.1 Å². The number of rotatable bonds is 4. The first kappa shape index (κ1) is 14.5. The molecule has 1 aliphatic rings. The summed E-state index contributed by atoms with van der Waals surface area (Å²) in [7, 11) is 1.37. The van der Waals surface area contributed by atoms with Gasteiger partial charge in [-0.15, -0.1) is 0 Å². The summed E-state index contributed by atoms with van der Waals surface area (Å²) in [6, 6.07) is 0.199. The third-order valence-corrected chi connectivity index (χ3v) is 3.92.